The summed E-state index contributed by atoms with van der Waals surface area (Å²) in [5.41, 5.74) is -0.922. The Labute approximate surface area is 168 Å². The normalized spacial score (nSPS) is 32.3. The third-order valence-electron chi connectivity index (χ3n) is 5.87. The van der Waals surface area contributed by atoms with Crippen molar-refractivity contribution < 1.29 is 29.6 Å². The monoisotopic (exact) mass is 398 g/mol. The summed E-state index contributed by atoms with van der Waals surface area (Å²) < 4.78 is 11.1. The first-order valence-corrected chi connectivity index (χ1v) is 11.0. The van der Waals surface area contributed by atoms with E-state index < -0.39 is 36.6 Å². The van der Waals surface area contributed by atoms with Crippen LogP contribution in [0, 0.1) is 0 Å². The van der Waals surface area contributed by atoms with Crippen molar-refractivity contribution in [3.8, 4) is 0 Å². The summed E-state index contributed by atoms with van der Waals surface area (Å²) in [6, 6.07) is 0. The van der Waals surface area contributed by atoms with Crippen LogP contribution in [0.5, 0.6) is 0 Å². The molecule has 2 fully saturated rings. The van der Waals surface area contributed by atoms with Crippen molar-refractivity contribution in [2.75, 3.05) is 13.2 Å². The minimum absolute atomic E-state index is 0.0146. The molecule has 0 aromatic heterocycles. The molecule has 6 heteroatoms. The molecule has 162 valence electrons. The summed E-state index contributed by atoms with van der Waals surface area (Å²) in [4.78, 5) is 12.3. The van der Waals surface area contributed by atoms with Crippen LogP contribution in [0.1, 0.15) is 77.6 Å². The minimum atomic E-state index is -1.20. The fraction of sp³-hybridized carbons (Fsp3) is 0.864. The second-order valence-corrected chi connectivity index (χ2v) is 8.27. The quantitative estimate of drug-likeness (QED) is 0.307. The van der Waals surface area contributed by atoms with Gasteiger partial charge in [-0.1, -0.05) is 64.0 Å². The molecule has 6 nitrogen and oxygen atoms in total. The van der Waals surface area contributed by atoms with E-state index in [9.17, 15) is 20.1 Å². The predicted molar refractivity (Wildman–Crippen MR) is 107 cm³/mol. The third-order valence-corrected chi connectivity index (χ3v) is 5.87. The van der Waals surface area contributed by atoms with Gasteiger partial charge in [0.15, 0.2) is 0 Å². The van der Waals surface area contributed by atoms with Crippen molar-refractivity contribution in [3.05, 3.63) is 12.2 Å². The minimum Gasteiger partial charge on any atom is -0.394 e. The van der Waals surface area contributed by atoms with Crippen molar-refractivity contribution in [3.63, 3.8) is 0 Å². The van der Waals surface area contributed by atoms with E-state index in [1.807, 2.05) is 6.08 Å². The number of rotatable bonds is 14. The fourth-order valence-corrected chi connectivity index (χ4v) is 4.12. The highest BCUT2D eigenvalue weighted by atomic mass is 16.6. The molecule has 0 amide bonds. The van der Waals surface area contributed by atoms with Gasteiger partial charge in [-0.05, 0) is 12.8 Å². The number of carbonyl (C=O) groups excluding carboxylic acids is 1. The number of hydrogen-bond donors (Lipinski definition) is 3. The van der Waals surface area contributed by atoms with Gasteiger partial charge < -0.3 is 24.8 Å². The predicted octanol–water partition coefficient (Wildman–Crippen LogP) is 2.67. The molecule has 0 aromatic carbocycles. The molecule has 2 rings (SSSR count). The molecule has 0 aromatic rings. The molecule has 0 saturated carbocycles. The van der Waals surface area contributed by atoms with Gasteiger partial charge in [0.2, 0.25) is 0 Å². The Morgan fingerprint density at radius 2 is 1.71 bits per heavy atom. The van der Waals surface area contributed by atoms with Crippen LogP contribution in [0.4, 0.5) is 0 Å². The van der Waals surface area contributed by atoms with Crippen LogP contribution in [-0.4, -0.2) is 64.3 Å². The number of ketones is 1. The summed E-state index contributed by atoms with van der Waals surface area (Å²) in [6.07, 6.45) is 11.8. The molecule has 2 saturated heterocycles. The zero-order valence-electron chi connectivity index (χ0n) is 17.2. The maximum Gasteiger partial charge on any atom is 0.139 e. The number of aliphatic hydroxyl groups excluding tert-OH is 3. The molecule has 2 aliphatic heterocycles. The van der Waals surface area contributed by atoms with E-state index in [-0.39, 0.29) is 18.8 Å². The maximum atomic E-state index is 12.3. The lowest BCUT2D eigenvalue weighted by atomic mass is 9.77. The fourth-order valence-electron chi connectivity index (χ4n) is 4.12. The van der Waals surface area contributed by atoms with Gasteiger partial charge in [-0.3, -0.25) is 4.79 Å². The van der Waals surface area contributed by atoms with Crippen LogP contribution >= 0.6 is 0 Å². The van der Waals surface area contributed by atoms with Gasteiger partial charge >= 0.3 is 0 Å². The number of unbranched alkanes of at least 4 members (excludes halogenated alkanes) is 8. The number of ether oxygens (including phenoxy) is 2. The van der Waals surface area contributed by atoms with Gasteiger partial charge in [0, 0.05) is 12.8 Å². The summed E-state index contributed by atoms with van der Waals surface area (Å²) >= 11 is 0. The lowest BCUT2D eigenvalue weighted by Crippen LogP contribution is -2.74. The first-order chi connectivity index (χ1) is 13.5. The molecule has 0 aliphatic carbocycles. The second kappa shape index (κ2) is 12.0. The first kappa shape index (κ1) is 23.5. The standard InChI is InChI=1S/C22H38O6/c1-2-3-4-5-6-7-8-9-10-11-12-13-17(24)14-22-16-27-21(22)20(26)19(25)18(15-23)28-22/h11-12,18-21,23,25-26H,2-10,13-16H2,1H3/b12-11+/t18?,19-,20+,21-,22-/m1/s1. The summed E-state index contributed by atoms with van der Waals surface area (Å²) in [7, 11) is 0. The van der Waals surface area contributed by atoms with E-state index in [0.717, 1.165) is 12.8 Å². The van der Waals surface area contributed by atoms with Crippen LogP contribution in [0.15, 0.2) is 12.2 Å². The van der Waals surface area contributed by atoms with E-state index in [4.69, 9.17) is 9.47 Å². The zero-order valence-corrected chi connectivity index (χ0v) is 17.2. The van der Waals surface area contributed by atoms with Crippen LogP contribution in [0.2, 0.25) is 0 Å². The lowest BCUT2D eigenvalue weighted by molar-refractivity contribution is -0.356. The third kappa shape index (κ3) is 6.36. The summed E-state index contributed by atoms with van der Waals surface area (Å²) in [5.74, 6) is 0.0146. The summed E-state index contributed by atoms with van der Waals surface area (Å²) in [5, 5.41) is 29.4. The van der Waals surface area contributed by atoms with Crippen molar-refractivity contribution in [2.45, 2.75) is 108 Å². The van der Waals surface area contributed by atoms with Crippen molar-refractivity contribution >= 4 is 5.78 Å². The Kier molecular flexibility index (Phi) is 10.1. The number of allylic oxidation sites excluding steroid dienone is 2. The van der Waals surface area contributed by atoms with E-state index in [0.29, 0.717) is 6.42 Å². The molecular weight excluding hydrogens is 360 g/mol. The Hall–Kier alpha value is -0.790. The SMILES string of the molecule is CCCCCCCCCC/C=C/CC(=O)C[C@@]12CO[C@@H]1[C@@H](O)[C@H](O)C(CO)O2. The highest BCUT2D eigenvalue weighted by Crippen LogP contribution is 2.42. The maximum absolute atomic E-state index is 12.3. The number of fused-ring (bicyclic) bond motifs is 1. The molecule has 0 bridgehead atoms. The molecule has 1 unspecified atom stereocenters. The smallest absolute Gasteiger partial charge is 0.139 e. The molecule has 2 aliphatic rings. The lowest BCUT2D eigenvalue weighted by Gasteiger charge is -2.56. The van der Waals surface area contributed by atoms with Crippen molar-refractivity contribution in [1.82, 2.24) is 0 Å². The van der Waals surface area contributed by atoms with Gasteiger partial charge in [0.1, 0.15) is 35.8 Å². The van der Waals surface area contributed by atoms with Gasteiger partial charge in [-0.15, -0.1) is 0 Å². The van der Waals surface area contributed by atoms with E-state index in [1.165, 1.54) is 44.9 Å². The molecule has 3 N–H and O–H groups in total. The van der Waals surface area contributed by atoms with Crippen molar-refractivity contribution in [1.29, 1.82) is 0 Å². The largest absolute Gasteiger partial charge is 0.394 e. The highest BCUT2D eigenvalue weighted by molar-refractivity contribution is 5.81. The highest BCUT2D eigenvalue weighted by Gasteiger charge is 2.61. The number of carbonyl (C=O) groups is 1. The van der Waals surface area contributed by atoms with E-state index in [1.54, 1.807) is 0 Å². The number of hydrogen-bond acceptors (Lipinski definition) is 6. The van der Waals surface area contributed by atoms with Crippen LogP contribution < -0.4 is 0 Å². The number of aliphatic hydroxyl groups is 3. The van der Waals surface area contributed by atoms with Gasteiger partial charge in [-0.25, -0.2) is 0 Å². The van der Waals surface area contributed by atoms with Crippen LogP contribution in [0.25, 0.3) is 0 Å². The summed E-state index contributed by atoms with van der Waals surface area (Å²) in [6.45, 7) is 2.03. The van der Waals surface area contributed by atoms with E-state index in [2.05, 4.69) is 13.0 Å². The van der Waals surface area contributed by atoms with Crippen molar-refractivity contribution in [2.24, 2.45) is 0 Å². The Morgan fingerprint density at radius 3 is 2.32 bits per heavy atom. The van der Waals surface area contributed by atoms with Crippen LogP contribution in [-0.2, 0) is 14.3 Å². The molecule has 0 radical (unpaired) electrons. The Bertz CT molecular complexity index is 491. The van der Waals surface area contributed by atoms with Gasteiger partial charge in [0.25, 0.3) is 0 Å². The van der Waals surface area contributed by atoms with E-state index >= 15 is 0 Å². The Balaban J connectivity index is 1.61. The average molecular weight is 399 g/mol. The molecular formula is C22H38O6. The zero-order chi connectivity index (χ0) is 20.4. The average Bonchev–Trinajstić information content (AvgIpc) is 2.67. The van der Waals surface area contributed by atoms with Crippen LogP contribution in [0.3, 0.4) is 0 Å². The Morgan fingerprint density at radius 1 is 1.04 bits per heavy atom. The van der Waals surface area contributed by atoms with Gasteiger partial charge in [0.05, 0.1) is 13.2 Å². The topological polar surface area (TPSA) is 96.2 Å². The van der Waals surface area contributed by atoms with Gasteiger partial charge in [-0.2, -0.15) is 0 Å². The molecule has 0 spiro atoms. The number of Topliss-reactive ketones (excluding diaryl/α,β-unsaturated/α-hetero) is 1. The molecule has 5 atom stereocenters. The first-order valence-electron chi connectivity index (χ1n) is 11.0. The second-order valence-electron chi connectivity index (χ2n) is 8.27. The molecule has 2 heterocycles. The molecule has 28 heavy (non-hydrogen) atoms.